The van der Waals surface area contributed by atoms with Crippen LogP contribution in [-0.4, -0.2) is 15.0 Å². The molecular formula is C19H15ClFN3. The summed E-state index contributed by atoms with van der Waals surface area (Å²) < 4.78 is 13.9. The van der Waals surface area contributed by atoms with E-state index in [1.165, 1.54) is 18.5 Å². The van der Waals surface area contributed by atoms with Crippen LogP contribution in [0.1, 0.15) is 30.0 Å². The number of aromatic nitrogens is 3. The van der Waals surface area contributed by atoms with Crippen molar-refractivity contribution in [2.24, 2.45) is 0 Å². The molecule has 1 fully saturated rings. The third-order valence-electron chi connectivity index (χ3n) is 4.25. The molecule has 0 radical (unpaired) electrons. The van der Waals surface area contributed by atoms with Crippen LogP contribution in [0, 0.1) is 12.7 Å². The van der Waals surface area contributed by atoms with E-state index in [0.29, 0.717) is 11.1 Å². The fraction of sp³-hybridized carbons (Fsp3) is 0.211. The number of nitrogens with zero attached hydrogens (tertiary/aromatic N) is 3. The Morgan fingerprint density at radius 3 is 2.71 bits per heavy atom. The van der Waals surface area contributed by atoms with Crippen LogP contribution in [-0.2, 0) is 0 Å². The summed E-state index contributed by atoms with van der Waals surface area (Å²) in [6.45, 7) is 1.92. The molecule has 3 aromatic rings. The van der Waals surface area contributed by atoms with Crippen LogP contribution >= 0.6 is 11.6 Å². The SMILES string of the molecule is Cc1cncnc1-c1cc(F)ccc1-c1cc(Cl)nc(C2CC2)c1. The van der Waals surface area contributed by atoms with Gasteiger partial charge in [-0.2, -0.15) is 0 Å². The molecule has 0 atom stereocenters. The van der Waals surface area contributed by atoms with Gasteiger partial charge in [0.2, 0.25) is 0 Å². The van der Waals surface area contributed by atoms with Gasteiger partial charge < -0.3 is 0 Å². The number of pyridine rings is 1. The van der Waals surface area contributed by atoms with Crippen LogP contribution in [0.2, 0.25) is 5.15 Å². The lowest BCUT2D eigenvalue weighted by atomic mass is 9.95. The molecule has 120 valence electrons. The van der Waals surface area contributed by atoms with E-state index < -0.39 is 0 Å². The molecule has 1 aromatic carbocycles. The maximum atomic E-state index is 13.9. The summed E-state index contributed by atoms with van der Waals surface area (Å²) in [5, 5.41) is 0.462. The number of aryl methyl sites for hydroxylation is 1. The van der Waals surface area contributed by atoms with E-state index >= 15 is 0 Å². The molecule has 0 bridgehead atoms. The second-order valence-electron chi connectivity index (χ2n) is 6.12. The molecule has 24 heavy (non-hydrogen) atoms. The topological polar surface area (TPSA) is 38.7 Å². The minimum Gasteiger partial charge on any atom is -0.245 e. The van der Waals surface area contributed by atoms with Gasteiger partial charge in [-0.15, -0.1) is 0 Å². The van der Waals surface area contributed by atoms with Crippen molar-refractivity contribution in [2.45, 2.75) is 25.7 Å². The molecule has 0 unspecified atom stereocenters. The number of halogens is 2. The number of hydrogen-bond acceptors (Lipinski definition) is 3. The van der Waals surface area contributed by atoms with Crippen molar-refractivity contribution in [1.29, 1.82) is 0 Å². The third-order valence-corrected chi connectivity index (χ3v) is 4.45. The van der Waals surface area contributed by atoms with Gasteiger partial charge in [-0.1, -0.05) is 17.7 Å². The molecular weight excluding hydrogens is 325 g/mol. The van der Waals surface area contributed by atoms with Crippen molar-refractivity contribution in [3.05, 3.63) is 65.1 Å². The van der Waals surface area contributed by atoms with Gasteiger partial charge in [-0.3, -0.25) is 0 Å². The summed E-state index contributed by atoms with van der Waals surface area (Å²) in [6, 6.07) is 8.61. The fourth-order valence-electron chi connectivity index (χ4n) is 2.91. The minimum atomic E-state index is -0.297. The Morgan fingerprint density at radius 1 is 1.12 bits per heavy atom. The minimum absolute atomic E-state index is 0.297. The lowest BCUT2D eigenvalue weighted by Gasteiger charge is -2.13. The van der Waals surface area contributed by atoms with E-state index in [-0.39, 0.29) is 5.82 Å². The quantitative estimate of drug-likeness (QED) is 0.617. The van der Waals surface area contributed by atoms with Crippen molar-refractivity contribution >= 4 is 11.6 Å². The zero-order valence-corrected chi connectivity index (χ0v) is 13.9. The molecule has 0 aliphatic heterocycles. The monoisotopic (exact) mass is 339 g/mol. The smallest absolute Gasteiger partial charge is 0.129 e. The summed E-state index contributed by atoms with van der Waals surface area (Å²) >= 11 is 6.22. The standard InChI is InChI=1S/C19H15ClFN3/c1-11-9-22-10-23-19(11)16-8-14(21)4-5-15(16)13-6-17(12-2-3-12)24-18(20)7-13/h4-10,12H,2-3H2,1H3. The zero-order chi connectivity index (χ0) is 16.7. The van der Waals surface area contributed by atoms with Crippen LogP contribution in [0.4, 0.5) is 4.39 Å². The molecule has 0 amide bonds. The van der Waals surface area contributed by atoms with Crippen LogP contribution < -0.4 is 0 Å². The summed E-state index contributed by atoms with van der Waals surface area (Å²) in [5.41, 5.74) is 5.19. The van der Waals surface area contributed by atoms with Gasteiger partial charge in [0.05, 0.1) is 5.69 Å². The first-order valence-corrected chi connectivity index (χ1v) is 8.24. The fourth-order valence-corrected chi connectivity index (χ4v) is 3.12. The lowest BCUT2D eigenvalue weighted by molar-refractivity contribution is 0.628. The molecule has 1 aliphatic carbocycles. The van der Waals surface area contributed by atoms with Gasteiger partial charge in [0.15, 0.2) is 0 Å². The highest BCUT2D eigenvalue weighted by Crippen LogP contribution is 2.42. The van der Waals surface area contributed by atoms with Crippen molar-refractivity contribution < 1.29 is 4.39 Å². The Bertz CT molecular complexity index is 922. The largest absolute Gasteiger partial charge is 0.245 e. The molecule has 5 heteroatoms. The molecule has 0 saturated heterocycles. The van der Waals surface area contributed by atoms with E-state index in [1.54, 1.807) is 12.3 Å². The van der Waals surface area contributed by atoms with Gasteiger partial charge >= 0.3 is 0 Å². The maximum absolute atomic E-state index is 13.9. The zero-order valence-electron chi connectivity index (χ0n) is 13.1. The van der Waals surface area contributed by atoms with E-state index in [1.807, 2.05) is 13.0 Å². The molecule has 4 rings (SSSR count). The highest BCUT2D eigenvalue weighted by atomic mass is 35.5. The van der Waals surface area contributed by atoms with Gasteiger partial charge in [0, 0.05) is 23.4 Å². The number of benzene rings is 1. The van der Waals surface area contributed by atoms with E-state index in [9.17, 15) is 4.39 Å². The number of rotatable bonds is 3. The van der Waals surface area contributed by atoms with Gasteiger partial charge in [-0.05, 0) is 60.7 Å². The van der Waals surface area contributed by atoms with Crippen LogP contribution in [0.5, 0.6) is 0 Å². The molecule has 3 nitrogen and oxygen atoms in total. The van der Waals surface area contributed by atoms with Gasteiger partial charge in [0.25, 0.3) is 0 Å². The summed E-state index contributed by atoms with van der Waals surface area (Å²) in [4.78, 5) is 12.8. The molecule has 1 saturated carbocycles. The Morgan fingerprint density at radius 2 is 1.96 bits per heavy atom. The predicted octanol–water partition coefficient (Wildman–Crippen LogP) is 5.18. The van der Waals surface area contributed by atoms with Crippen molar-refractivity contribution in [1.82, 2.24) is 15.0 Å². The van der Waals surface area contributed by atoms with Gasteiger partial charge in [0.1, 0.15) is 17.3 Å². The Balaban J connectivity index is 1.92. The van der Waals surface area contributed by atoms with Crippen molar-refractivity contribution in [3.8, 4) is 22.4 Å². The Hall–Kier alpha value is -2.33. The van der Waals surface area contributed by atoms with Crippen LogP contribution in [0.25, 0.3) is 22.4 Å². The van der Waals surface area contributed by atoms with E-state index in [4.69, 9.17) is 11.6 Å². The van der Waals surface area contributed by atoms with Crippen molar-refractivity contribution in [3.63, 3.8) is 0 Å². The predicted molar refractivity (Wildman–Crippen MR) is 92.4 cm³/mol. The van der Waals surface area contributed by atoms with E-state index in [0.717, 1.165) is 46.5 Å². The maximum Gasteiger partial charge on any atom is 0.129 e. The molecule has 0 spiro atoms. The molecule has 2 heterocycles. The normalized spacial score (nSPS) is 14.0. The lowest BCUT2D eigenvalue weighted by Crippen LogP contribution is -1.95. The van der Waals surface area contributed by atoms with Crippen LogP contribution in [0.15, 0.2) is 42.9 Å². The van der Waals surface area contributed by atoms with E-state index in [2.05, 4.69) is 21.0 Å². The average Bonchev–Trinajstić information content (AvgIpc) is 3.39. The van der Waals surface area contributed by atoms with Gasteiger partial charge in [-0.25, -0.2) is 19.3 Å². The van der Waals surface area contributed by atoms with Crippen molar-refractivity contribution in [2.75, 3.05) is 0 Å². The molecule has 0 N–H and O–H groups in total. The summed E-state index contributed by atoms with van der Waals surface area (Å²) in [5.74, 6) is 0.196. The Labute approximate surface area is 144 Å². The molecule has 1 aliphatic rings. The van der Waals surface area contributed by atoms with Crippen LogP contribution in [0.3, 0.4) is 0 Å². The third kappa shape index (κ3) is 2.89. The Kier molecular flexibility index (Phi) is 3.77. The second-order valence-corrected chi connectivity index (χ2v) is 6.51. The summed E-state index contributed by atoms with van der Waals surface area (Å²) in [7, 11) is 0. The first-order valence-electron chi connectivity index (χ1n) is 7.86. The average molecular weight is 340 g/mol. The highest BCUT2D eigenvalue weighted by Gasteiger charge is 2.26. The first kappa shape index (κ1) is 15.2. The number of hydrogen-bond donors (Lipinski definition) is 0. The second kappa shape index (κ2) is 5.95. The summed E-state index contributed by atoms with van der Waals surface area (Å²) in [6.07, 6.45) is 5.50. The highest BCUT2D eigenvalue weighted by molar-refractivity contribution is 6.29. The first-order chi connectivity index (χ1) is 11.6. The molecule has 2 aromatic heterocycles.